The van der Waals surface area contributed by atoms with Crippen molar-refractivity contribution in [2.75, 3.05) is 20.2 Å². The Labute approximate surface area is 87.7 Å². The highest BCUT2D eigenvalue weighted by Crippen LogP contribution is 1.99. The fourth-order valence-electron chi connectivity index (χ4n) is 0.792. The Hall–Kier alpha value is -0.350. The first kappa shape index (κ1) is 12.7. The average molecular weight is 250 g/mol. The Balaban J connectivity index is 3.36. The van der Waals surface area contributed by atoms with Crippen LogP contribution < -0.4 is 5.32 Å². The van der Waals surface area contributed by atoms with E-state index in [1.54, 1.807) is 0 Å². The van der Waals surface area contributed by atoms with E-state index in [9.17, 15) is 4.79 Å². The van der Waals surface area contributed by atoms with Crippen LogP contribution >= 0.6 is 15.9 Å². The molecule has 0 aliphatic rings. The number of rotatable bonds is 6. The van der Waals surface area contributed by atoms with Crippen molar-refractivity contribution in [1.29, 1.82) is 0 Å². The summed E-state index contributed by atoms with van der Waals surface area (Å²) in [6, 6.07) is 0. The number of nitrogens with one attached hydrogen (secondary N) is 1. The molecule has 4 heteroatoms. The number of carbonyl (C=O) groups excluding carboxylic acids is 1. The summed E-state index contributed by atoms with van der Waals surface area (Å²) < 4.78 is 4.55. The monoisotopic (exact) mass is 249 g/mol. The Kier molecular flexibility index (Phi) is 8.04. The van der Waals surface area contributed by atoms with Crippen LogP contribution in [-0.2, 0) is 9.53 Å². The molecule has 0 aromatic rings. The van der Waals surface area contributed by atoms with Gasteiger partial charge in [0.1, 0.15) is 4.83 Å². The van der Waals surface area contributed by atoms with Crippen LogP contribution in [0.1, 0.15) is 13.3 Å². The van der Waals surface area contributed by atoms with Gasteiger partial charge >= 0.3 is 5.97 Å². The molecule has 0 aliphatic heterocycles. The zero-order valence-corrected chi connectivity index (χ0v) is 9.63. The molecule has 0 saturated carbocycles. The summed E-state index contributed by atoms with van der Waals surface area (Å²) in [5, 5.41) is 3.14. The van der Waals surface area contributed by atoms with Gasteiger partial charge in [0.2, 0.25) is 0 Å². The molecular formula is C9H16BrNO2. The van der Waals surface area contributed by atoms with Crippen molar-refractivity contribution >= 4 is 21.9 Å². The lowest BCUT2D eigenvalue weighted by Gasteiger charge is -2.07. The van der Waals surface area contributed by atoms with E-state index in [1.165, 1.54) is 7.11 Å². The van der Waals surface area contributed by atoms with Crippen molar-refractivity contribution in [3.05, 3.63) is 12.2 Å². The van der Waals surface area contributed by atoms with E-state index in [1.807, 2.05) is 13.0 Å². The lowest BCUT2D eigenvalue weighted by atomic mass is 10.3. The lowest BCUT2D eigenvalue weighted by Crippen LogP contribution is -2.30. The maximum atomic E-state index is 10.9. The van der Waals surface area contributed by atoms with Crippen LogP contribution in [0.25, 0.3) is 0 Å². The molecule has 0 aromatic carbocycles. The van der Waals surface area contributed by atoms with E-state index in [4.69, 9.17) is 0 Å². The first-order valence-corrected chi connectivity index (χ1v) is 5.17. The number of carbonyl (C=O) groups is 1. The fourth-order valence-corrected chi connectivity index (χ4v) is 1.21. The third kappa shape index (κ3) is 6.78. The molecular weight excluding hydrogens is 234 g/mol. The number of methoxy groups -OCH3 is 1. The van der Waals surface area contributed by atoms with E-state index in [0.717, 1.165) is 13.0 Å². The molecule has 0 bridgehead atoms. The summed E-state index contributed by atoms with van der Waals surface area (Å²) in [6.45, 7) is 3.47. The largest absolute Gasteiger partial charge is 0.468 e. The molecule has 13 heavy (non-hydrogen) atoms. The predicted octanol–water partition coefficient (Wildman–Crippen LogP) is 1.48. The number of hydrogen-bond acceptors (Lipinski definition) is 3. The summed E-state index contributed by atoms with van der Waals surface area (Å²) in [5.74, 6) is -0.237. The Morgan fingerprint density at radius 3 is 2.92 bits per heavy atom. The molecule has 1 atom stereocenters. The van der Waals surface area contributed by atoms with Crippen LogP contribution in [0.3, 0.4) is 0 Å². The van der Waals surface area contributed by atoms with Crippen LogP contribution in [0.5, 0.6) is 0 Å². The third-order valence-electron chi connectivity index (χ3n) is 1.50. The molecule has 0 saturated heterocycles. The number of esters is 1. The van der Waals surface area contributed by atoms with Gasteiger partial charge in [-0.2, -0.15) is 0 Å². The second-order valence-corrected chi connectivity index (χ2v) is 3.66. The van der Waals surface area contributed by atoms with Crippen molar-refractivity contribution < 1.29 is 9.53 Å². The van der Waals surface area contributed by atoms with E-state index < -0.39 is 0 Å². The quantitative estimate of drug-likeness (QED) is 0.336. The predicted molar refractivity (Wildman–Crippen MR) is 57.0 cm³/mol. The van der Waals surface area contributed by atoms with E-state index in [2.05, 4.69) is 32.1 Å². The van der Waals surface area contributed by atoms with Crippen LogP contribution in [-0.4, -0.2) is 31.0 Å². The second-order valence-electron chi connectivity index (χ2n) is 2.55. The molecule has 0 heterocycles. The number of allylic oxidation sites excluding steroid dienone is 1. The van der Waals surface area contributed by atoms with Crippen molar-refractivity contribution in [2.45, 2.75) is 18.2 Å². The smallest absolute Gasteiger partial charge is 0.320 e. The van der Waals surface area contributed by atoms with Crippen molar-refractivity contribution in [1.82, 2.24) is 5.32 Å². The summed E-state index contributed by atoms with van der Waals surface area (Å²) in [7, 11) is 1.39. The van der Waals surface area contributed by atoms with Crippen LogP contribution in [0, 0.1) is 0 Å². The standard InChI is InChI=1S/C9H16BrNO2/c1-3-4-5-6-11-7-8(10)9(12)13-2/h3-4,8,11H,5-7H2,1-2H3/b4-3+. The summed E-state index contributed by atoms with van der Waals surface area (Å²) in [5.41, 5.74) is 0. The van der Waals surface area contributed by atoms with Gasteiger partial charge in [-0.15, -0.1) is 0 Å². The molecule has 0 aromatic heterocycles. The summed E-state index contributed by atoms with van der Waals surface area (Å²) in [6.07, 6.45) is 5.07. The highest BCUT2D eigenvalue weighted by atomic mass is 79.9. The Bertz CT molecular complexity index is 171. The molecule has 0 rings (SSSR count). The van der Waals surface area contributed by atoms with Gasteiger partial charge in [0.25, 0.3) is 0 Å². The summed E-state index contributed by atoms with van der Waals surface area (Å²) in [4.78, 5) is 10.7. The first-order chi connectivity index (χ1) is 6.22. The number of hydrogen-bond donors (Lipinski definition) is 1. The van der Waals surface area contributed by atoms with Gasteiger partial charge < -0.3 is 10.1 Å². The van der Waals surface area contributed by atoms with Crippen LogP contribution in [0.2, 0.25) is 0 Å². The van der Waals surface area contributed by atoms with E-state index in [-0.39, 0.29) is 10.8 Å². The highest BCUT2D eigenvalue weighted by molar-refractivity contribution is 9.10. The molecule has 76 valence electrons. The maximum Gasteiger partial charge on any atom is 0.320 e. The van der Waals surface area contributed by atoms with Crippen molar-refractivity contribution in [2.24, 2.45) is 0 Å². The zero-order chi connectivity index (χ0) is 10.1. The lowest BCUT2D eigenvalue weighted by molar-refractivity contribution is -0.139. The van der Waals surface area contributed by atoms with Crippen LogP contribution in [0.15, 0.2) is 12.2 Å². The minimum atomic E-state index is -0.247. The number of ether oxygens (including phenoxy) is 1. The van der Waals surface area contributed by atoms with Crippen molar-refractivity contribution in [3.8, 4) is 0 Å². The topological polar surface area (TPSA) is 38.3 Å². The summed E-state index contributed by atoms with van der Waals surface area (Å²) >= 11 is 3.22. The Morgan fingerprint density at radius 2 is 2.38 bits per heavy atom. The number of halogens is 1. The van der Waals surface area contributed by atoms with E-state index in [0.29, 0.717) is 6.54 Å². The molecule has 0 radical (unpaired) electrons. The molecule has 0 aliphatic carbocycles. The van der Waals surface area contributed by atoms with Gasteiger partial charge in [-0.25, -0.2) is 0 Å². The maximum absolute atomic E-state index is 10.9. The highest BCUT2D eigenvalue weighted by Gasteiger charge is 2.13. The third-order valence-corrected chi connectivity index (χ3v) is 2.20. The molecule has 1 unspecified atom stereocenters. The minimum absolute atomic E-state index is 0.237. The zero-order valence-electron chi connectivity index (χ0n) is 8.05. The molecule has 1 N–H and O–H groups in total. The molecule has 0 amide bonds. The normalized spacial score (nSPS) is 13.2. The SMILES string of the molecule is C/C=C/CCNCC(Br)C(=O)OC. The van der Waals surface area contributed by atoms with Gasteiger partial charge in [-0.1, -0.05) is 28.1 Å². The Morgan fingerprint density at radius 1 is 1.69 bits per heavy atom. The first-order valence-electron chi connectivity index (χ1n) is 4.26. The molecule has 0 spiro atoms. The van der Waals surface area contributed by atoms with Gasteiger partial charge in [0, 0.05) is 6.54 Å². The molecule has 3 nitrogen and oxygen atoms in total. The van der Waals surface area contributed by atoms with E-state index >= 15 is 0 Å². The average Bonchev–Trinajstić information content (AvgIpc) is 2.16. The van der Waals surface area contributed by atoms with Gasteiger partial charge in [0.15, 0.2) is 0 Å². The van der Waals surface area contributed by atoms with Crippen molar-refractivity contribution in [3.63, 3.8) is 0 Å². The number of alkyl halides is 1. The van der Waals surface area contributed by atoms with Crippen LogP contribution in [0.4, 0.5) is 0 Å². The van der Waals surface area contributed by atoms with Gasteiger partial charge in [0.05, 0.1) is 7.11 Å². The van der Waals surface area contributed by atoms with Gasteiger partial charge in [-0.05, 0) is 19.9 Å². The molecule has 0 fully saturated rings. The fraction of sp³-hybridized carbons (Fsp3) is 0.667. The minimum Gasteiger partial charge on any atom is -0.468 e. The second kappa shape index (κ2) is 8.26. The van der Waals surface area contributed by atoms with Gasteiger partial charge in [-0.3, -0.25) is 4.79 Å².